The molecule has 0 aliphatic carbocycles. The van der Waals surface area contributed by atoms with Gasteiger partial charge in [0.2, 0.25) is 0 Å². The fourth-order valence-electron chi connectivity index (χ4n) is 1.72. The molecular weight excluding hydrogens is 249 g/mol. The van der Waals surface area contributed by atoms with Crippen LogP contribution in [0, 0.1) is 0 Å². The van der Waals surface area contributed by atoms with E-state index in [1.54, 1.807) is 6.07 Å². The lowest BCUT2D eigenvalue weighted by Crippen LogP contribution is -2.30. The normalized spacial score (nSPS) is 12.1. The Morgan fingerprint density at radius 2 is 2.06 bits per heavy atom. The summed E-state index contributed by atoms with van der Waals surface area (Å²) >= 11 is 0. The van der Waals surface area contributed by atoms with Gasteiger partial charge >= 0.3 is 11.9 Å². The smallest absolute Gasteiger partial charge is 0.408 e. The Morgan fingerprint density at radius 3 is 2.67 bits per heavy atom. The van der Waals surface area contributed by atoms with Crippen LogP contribution in [0.3, 0.4) is 0 Å². The van der Waals surface area contributed by atoms with Crippen LogP contribution in [0.25, 0.3) is 11.1 Å². The van der Waals surface area contributed by atoms with Crippen molar-refractivity contribution >= 4 is 16.8 Å². The molecule has 0 radical (unpaired) electrons. The molecule has 0 saturated carbocycles. The first kappa shape index (κ1) is 12.5. The molecule has 2 aromatic rings. The standard InChI is InChI=1S/C11H11F3N2O2/c1-15(6-11(12,13)14)7-3-4-8-9(5-7)18-10(17)16(8)2/h3-5H,6H2,1-2H3. The first-order valence-electron chi connectivity index (χ1n) is 5.15. The van der Waals surface area contributed by atoms with E-state index in [0.29, 0.717) is 11.2 Å². The topological polar surface area (TPSA) is 38.4 Å². The molecule has 0 N–H and O–H groups in total. The Labute approximate surface area is 100 Å². The van der Waals surface area contributed by atoms with Gasteiger partial charge in [-0.15, -0.1) is 0 Å². The third kappa shape index (κ3) is 2.34. The molecule has 0 spiro atoms. The van der Waals surface area contributed by atoms with Crippen molar-refractivity contribution in [2.45, 2.75) is 6.18 Å². The fourth-order valence-corrected chi connectivity index (χ4v) is 1.72. The van der Waals surface area contributed by atoms with Crippen molar-refractivity contribution in [2.75, 3.05) is 18.5 Å². The molecule has 1 heterocycles. The fraction of sp³-hybridized carbons (Fsp3) is 0.364. The Bertz CT molecular complexity index is 627. The molecule has 0 bridgehead atoms. The average Bonchev–Trinajstić information content (AvgIpc) is 2.52. The minimum atomic E-state index is -4.28. The van der Waals surface area contributed by atoms with Crippen molar-refractivity contribution in [3.8, 4) is 0 Å². The first-order chi connectivity index (χ1) is 8.28. The molecule has 18 heavy (non-hydrogen) atoms. The summed E-state index contributed by atoms with van der Waals surface area (Å²) in [6.07, 6.45) is -4.28. The molecule has 7 heteroatoms. The Balaban J connectivity index is 2.38. The second kappa shape index (κ2) is 4.08. The van der Waals surface area contributed by atoms with Gasteiger partial charge in [-0.3, -0.25) is 4.57 Å². The number of alkyl halides is 3. The Morgan fingerprint density at radius 1 is 1.39 bits per heavy atom. The van der Waals surface area contributed by atoms with Crippen molar-refractivity contribution < 1.29 is 17.6 Å². The maximum absolute atomic E-state index is 12.3. The van der Waals surface area contributed by atoms with Crippen LogP contribution in [0.1, 0.15) is 0 Å². The van der Waals surface area contributed by atoms with E-state index in [0.717, 1.165) is 4.90 Å². The maximum Gasteiger partial charge on any atom is 0.419 e. The van der Waals surface area contributed by atoms with Crippen LogP contribution < -0.4 is 10.7 Å². The maximum atomic E-state index is 12.3. The zero-order chi connectivity index (χ0) is 13.5. The molecule has 0 amide bonds. The highest BCUT2D eigenvalue weighted by molar-refractivity contribution is 5.77. The minimum Gasteiger partial charge on any atom is -0.408 e. The van der Waals surface area contributed by atoms with Crippen LogP contribution in [-0.2, 0) is 7.05 Å². The van der Waals surface area contributed by atoms with Gasteiger partial charge in [0.15, 0.2) is 5.58 Å². The summed E-state index contributed by atoms with van der Waals surface area (Å²) in [7, 11) is 2.86. The number of fused-ring (bicyclic) bond motifs is 1. The van der Waals surface area contributed by atoms with E-state index >= 15 is 0 Å². The molecular formula is C11H11F3N2O2. The van der Waals surface area contributed by atoms with Crippen LogP contribution in [0.5, 0.6) is 0 Å². The largest absolute Gasteiger partial charge is 0.419 e. The minimum absolute atomic E-state index is 0.272. The lowest BCUT2D eigenvalue weighted by Gasteiger charge is -2.20. The van der Waals surface area contributed by atoms with Crippen LogP contribution in [-0.4, -0.2) is 24.3 Å². The second-order valence-corrected chi connectivity index (χ2v) is 4.05. The molecule has 0 fully saturated rings. The van der Waals surface area contributed by atoms with Gasteiger partial charge in [-0.2, -0.15) is 13.2 Å². The summed E-state index contributed by atoms with van der Waals surface area (Å²) in [5, 5.41) is 0. The van der Waals surface area contributed by atoms with E-state index in [1.165, 1.54) is 30.8 Å². The number of hydrogen-bond donors (Lipinski definition) is 0. The number of hydrogen-bond acceptors (Lipinski definition) is 3. The molecule has 4 nitrogen and oxygen atoms in total. The summed E-state index contributed by atoms with van der Waals surface area (Å²) in [6.45, 7) is -1.06. The highest BCUT2D eigenvalue weighted by Gasteiger charge is 2.29. The van der Waals surface area contributed by atoms with Crippen molar-refractivity contribution in [1.29, 1.82) is 0 Å². The summed E-state index contributed by atoms with van der Waals surface area (Å²) in [6, 6.07) is 4.49. The Hall–Kier alpha value is -1.92. The van der Waals surface area contributed by atoms with E-state index in [2.05, 4.69) is 0 Å². The Kier molecular flexibility index (Phi) is 2.84. The third-order valence-electron chi connectivity index (χ3n) is 2.63. The number of oxazole rings is 1. The van der Waals surface area contributed by atoms with E-state index < -0.39 is 18.5 Å². The van der Waals surface area contributed by atoms with Gasteiger partial charge < -0.3 is 9.32 Å². The van der Waals surface area contributed by atoms with Gasteiger partial charge in [-0.05, 0) is 12.1 Å². The van der Waals surface area contributed by atoms with E-state index in [1.807, 2.05) is 0 Å². The molecule has 0 aliphatic rings. The molecule has 0 aliphatic heterocycles. The van der Waals surface area contributed by atoms with Crippen molar-refractivity contribution in [2.24, 2.45) is 7.05 Å². The highest BCUT2D eigenvalue weighted by atomic mass is 19.4. The summed E-state index contributed by atoms with van der Waals surface area (Å²) in [5.74, 6) is -0.541. The molecule has 1 aromatic carbocycles. The number of halogens is 3. The van der Waals surface area contributed by atoms with Gasteiger partial charge in [0.1, 0.15) is 6.54 Å². The highest BCUT2D eigenvalue weighted by Crippen LogP contribution is 2.24. The van der Waals surface area contributed by atoms with Gasteiger partial charge in [-0.25, -0.2) is 4.79 Å². The lowest BCUT2D eigenvalue weighted by atomic mass is 10.2. The SMILES string of the molecule is CN(CC(F)(F)F)c1ccc2c(c1)oc(=O)n2C. The number of rotatable bonds is 2. The second-order valence-electron chi connectivity index (χ2n) is 4.05. The van der Waals surface area contributed by atoms with Crippen LogP contribution in [0.4, 0.5) is 18.9 Å². The van der Waals surface area contributed by atoms with Gasteiger partial charge in [-0.1, -0.05) is 0 Å². The predicted octanol–water partition coefficient (Wildman–Crippen LogP) is 2.13. The molecule has 98 valence electrons. The number of aryl methyl sites for hydroxylation is 1. The van der Waals surface area contributed by atoms with Gasteiger partial charge in [0.25, 0.3) is 0 Å². The zero-order valence-corrected chi connectivity index (χ0v) is 9.78. The summed E-state index contributed by atoms with van der Waals surface area (Å²) < 4.78 is 43.0. The average molecular weight is 260 g/mol. The van der Waals surface area contributed by atoms with Crippen LogP contribution in [0.2, 0.25) is 0 Å². The van der Waals surface area contributed by atoms with Crippen LogP contribution >= 0.6 is 0 Å². The van der Waals surface area contributed by atoms with E-state index in [-0.39, 0.29) is 5.58 Å². The molecule has 2 rings (SSSR count). The lowest BCUT2D eigenvalue weighted by molar-refractivity contribution is -0.119. The number of aromatic nitrogens is 1. The number of anilines is 1. The molecule has 1 aromatic heterocycles. The zero-order valence-electron chi connectivity index (χ0n) is 9.78. The summed E-state index contributed by atoms with van der Waals surface area (Å²) in [4.78, 5) is 12.3. The quantitative estimate of drug-likeness (QED) is 0.830. The van der Waals surface area contributed by atoms with E-state index in [9.17, 15) is 18.0 Å². The number of nitrogens with zero attached hydrogens (tertiary/aromatic N) is 2. The molecule has 0 atom stereocenters. The van der Waals surface area contributed by atoms with Gasteiger partial charge in [0, 0.05) is 25.8 Å². The van der Waals surface area contributed by atoms with Crippen molar-refractivity contribution in [1.82, 2.24) is 4.57 Å². The van der Waals surface area contributed by atoms with E-state index in [4.69, 9.17) is 4.42 Å². The predicted molar refractivity (Wildman–Crippen MR) is 60.8 cm³/mol. The number of benzene rings is 1. The van der Waals surface area contributed by atoms with Gasteiger partial charge in [0.05, 0.1) is 5.52 Å². The van der Waals surface area contributed by atoms with Crippen LogP contribution in [0.15, 0.2) is 27.4 Å². The molecule has 0 saturated heterocycles. The van der Waals surface area contributed by atoms with Crippen molar-refractivity contribution in [3.05, 3.63) is 28.7 Å². The monoisotopic (exact) mass is 260 g/mol. The van der Waals surface area contributed by atoms with Crippen molar-refractivity contribution in [3.63, 3.8) is 0 Å². The summed E-state index contributed by atoms with van der Waals surface area (Å²) in [5.41, 5.74) is 1.16. The first-order valence-corrected chi connectivity index (χ1v) is 5.15. The third-order valence-corrected chi connectivity index (χ3v) is 2.63. The molecule has 0 unspecified atom stereocenters.